The van der Waals surface area contributed by atoms with Crippen LogP contribution in [-0.2, 0) is 9.53 Å². The minimum absolute atomic E-state index is 0.0951. The molecule has 0 unspecified atom stereocenters. The fourth-order valence-electron chi connectivity index (χ4n) is 3.54. The van der Waals surface area contributed by atoms with Crippen molar-refractivity contribution in [1.82, 2.24) is 20.4 Å². The Morgan fingerprint density at radius 1 is 1.08 bits per heavy atom. The number of ether oxygens (including phenoxy) is 1. The lowest BCUT2D eigenvalue weighted by Crippen LogP contribution is -2.43. The van der Waals surface area contributed by atoms with Crippen LogP contribution in [0.5, 0.6) is 0 Å². The van der Waals surface area contributed by atoms with Gasteiger partial charge in [0.2, 0.25) is 17.7 Å². The molecular formula is C17H26N4O3. The van der Waals surface area contributed by atoms with Gasteiger partial charge in [0.15, 0.2) is 0 Å². The van der Waals surface area contributed by atoms with E-state index in [4.69, 9.17) is 9.15 Å². The monoisotopic (exact) mass is 334 g/mol. The second-order valence-corrected chi connectivity index (χ2v) is 7.24. The van der Waals surface area contributed by atoms with E-state index in [1.165, 1.54) is 12.8 Å². The quantitative estimate of drug-likeness (QED) is 0.847. The van der Waals surface area contributed by atoms with Gasteiger partial charge in [0, 0.05) is 25.0 Å². The zero-order valence-electron chi connectivity index (χ0n) is 14.1. The molecule has 0 radical (unpaired) electrons. The van der Waals surface area contributed by atoms with Crippen LogP contribution < -0.4 is 5.32 Å². The second-order valence-electron chi connectivity index (χ2n) is 7.24. The summed E-state index contributed by atoms with van der Waals surface area (Å²) in [4.78, 5) is 14.3. The van der Waals surface area contributed by atoms with E-state index in [1.54, 1.807) is 0 Å². The highest BCUT2D eigenvalue weighted by Gasteiger charge is 2.32. The minimum Gasteiger partial charge on any atom is -0.425 e. The number of aromatic nitrogens is 2. The normalized spacial score (nSPS) is 25.9. The van der Waals surface area contributed by atoms with Gasteiger partial charge in [0.25, 0.3) is 0 Å². The van der Waals surface area contributed by atoms with Crippen LogP contribution in [0.4, 0.5) is 0 Å². The summed E-state index contributed by atoms with van der Waals surface area (Å²) in [5, 5.41) is 11.4. The summed E-state index contributed by atoms with van der Waals surface area (Å²) in [5.74, 6) is 2.56. The number of rotatable bonds is 6. The molecule has 132 valence electrons. The Hall–Kier alpha value is -1.47. The molecule has 2 saturated heterocycles. The topological polar surface area (TPSA) is 80.5 Å². The first-order valence-corrected chi connectivity index (χ1v) is 9.22. The number of amides is 1. The van der Waals surface area contributed by atoms with Crippen LogP contribution in [0, 0.1) is 0 Å². The number of carbonyl (C=O) groups is 1. The molecule has 3 heterocycles. The van der Waals surface area contributed by atoms with E-state index in [-0.39, 0.29) is 12.0 Å². The Kier molecular flexibility index (Phi) is 4.80. The van der Waals surface area contributed by atoms with Crippen LogP contribution in [0.1, 0.15) is 62.1 Å². The van der Waals surface area contributed by atoms with E-state index in [9.17, 15) is 4.79 Å². The molecule has 1 aliphatic carbocycles. The van der Waals surface area contributed by atoms with Gasteiger partial charge in [-0.3, -0.25) is 9.69 Å². The number of piperidine rings is 1. The van der Waals surface area contributed by atoms with Crippen molar-refractivity contribution in [3.8, 4) is 0 Å². The lowest BCUT2D eigenvalue weighted by atomic mass is 9.97. The average molecular weight is 334 g/mol. The molecule has 7 nitrogen and oxygen atoms in total. The molecule has 3 aliphatic rings. The third-order valence-corrected chi connectivity index (χ3v) is 5.24. The van der Waals surface area contributed by atoms with Crippen LogP contribution in [0.25, 0.3) is 0 Å². The number of hydrogen-bond acceptors (Lipinski definition) is 6. The fraction of sp³-hybridized carbons (Fsp3) is 0.824. The Balaban J connectivity index is 1.18. The molecule has 24 heavy (non-hydrogen) atoms. The van der Waals surface area contributed by atoms with Gasteiger partial charge in [0.1, 0.15) is 0 Å². The van der Waals surface area contributed by atoms with Gasteiger partial charge in [-0.25, -0.2) is 0 Å². The molecule has 0 aromatic carbocycles. The molecule has 0 bridgehead atoms. The molecule has 1 amide bonds. The van der Waals surface area contributed by atoms with Gasteiger partial charge in [-0.2, -0.15) is 0 Å². The predicted molar refractivity (Wildman–Crippen MR) is 86.7 cm³/mol. The van der Waals surface area contributed by atoms with Crippen LogP contribution in [0.3, 0.4) is 0 Å². The maximum absolute atomic E-state index is 12.1. The Morgan fingerprint density at radius 2 is 1.79 bits per heavy atom. The number of nitrogens with zero attached hydrogens (tertiary/aromatic N) is 3. The highest BCUT2D eigenvalue weighted by atomic mass is 16.5. The first-order chi connectivity index (χ1) is 11.8. The van der Waals surface area contributed by atoms with Gasteiger partial charge in [-0.05, 0) is 51.6 Å². The smallest absolute Gasteiger partial charge is 0.234 e. The molecule has 4 rings (SSSR count). The SMILES string of the molecule is O=C(CN1CCC(c2nnc(C3CC3)o2)CC1)NC[C@H]1CCCO1. The van der Waals surface area contributed by atoms with Crippen molar-refractivity contribution in [2.75, 3.05) is 32.8 Å². The average Bonchev–Trinajstić information content (AvgIpc) is 3.12. The maximum atomic E-state index is 12.1. The highest BCUT2D eigenvalue weighted by molar-refractivity contribution is 5.78. The van der Waals surface area contributed by atoms with E-state index in [1.807, 2.05) is 0 Å². The molecule has 7 heteroatoms. The second kappa shape index (κ2) is 7.19. The van der Waals surface area contributed by atoms with E-state index in [2.05, 4.69) is 20.4 Å². The molecule has 1 atom stereocenters. The van der Waals surface area contributed by atoms with Crippen molar-refractivity contribution < 1.29 is 13.9 Å². The first kappa shape index (κ1) is 16.0. The summed E-state index contributed by atoms with van der Waals surface area (Å²) in [6.07, 6.45) is 6.68. The summed E-state index contributed by atoms with van der Waals surface area (Å²) in [5.41, 5.74) is 0. The van der Waals surface area contributed by atoms with E-state index in [0.29, 0.717) is 24.9 Å². The lowest BCUT2D eigenvalue weighted by Gasteiger charge is -2.29. The summed E-state index contributed by atoms with van der Waals surface area (Å²) in [7, 11) is 0. The lowest BCUT2D eigenvalue weighted by molar-refractivity contribution is -0.123. The van der Waals surface area contributed by atoms with Gasteiger partial charge in [-0.1, -0.05) is 0 Å². The molecule has 3 fully saturated rings. The number of hydrogen-bond donors (Lipinski definition) is 1. The minimum atomic E-state index is 0.0951. The zero-order valence-corrected chi connectivity index (χ0v) is 14.1. The molecule has 0 spiro atoms. The molecular weight excluding hydrogens is 308 g/mol. The zero-order chi connectivity index (χ0) is 16.4. The van der Waals surface area contributed by atoms with Crippen molar-refractivity contribution in [2.24, 2.45) is 0 Å². The third-order valence-electron chi connectivity index (χ3n) is 5.24. The first-order valence-electron chi connectivity index (χ1n) is 9.22. The number of carbonyl (C=O) groups excluding carboxylic acids is 1. The van der Waals surface area contributed by atoms with E-state index >= 15 is 0 Å². The van der Waals surface area contributed by atoms with Crippen LogP contribution in [0.15, 0.2) is 4.42 Å². The Morgan fingerprint density at radius 3 is 2.42 bits per heavy atom. The van der Waals surface area contributed by atoms with Gasteiger partial charge in [-0.15, -0.1) is 10.2 Å². The number of likely N-dealkylation sites (tertiary alicyclic amines) is 1. The number of nitrogens with one attached hydrogen (secondary N) is 1. The van der Waals surface area contributed by atoms with Crippen molar-refractivity contribution in [1.29, 1.82) is 0 Å². The molecule has 1 saturated carbocycles. The van der Waals surface area contributed by atoms with Gasteiger partial charge in [0.05, 0.1) is 12.6 Å². The predicted octanol–water partition coefficient (Wildman–Crippen LogP) is 1.42. The van der Waals surface area contributed by atoms with Crippen molar-refractivity contribution in [2.45, 2.75) is 56.5 Å². The molecule has 1 aromatic rings. The summed E-state index contributed by atoms with van der Waals surface area (Å²) in [6.45, 7) is 3.74. The molecule has 2 aliphatic heterocycles. The van der Waals surface area contributed by atoms with Crippen LogP contribution >= 0.6 is 0 Å². The largest absolute Gasteiger partial charge is 0.425 e. The molecule has 1 N–H and O–H groups in total. The summed E-state index contributed by atoms with van der Waals surface area (Å²) < 4.78 is 11.4. The fourth-order valence-corrected chi connectivity index (χ4v) is 3.54. The van der Waals surface area contributed by atoms with Gasteiger partial charge < -0.3 is 14.5 Å². The van der Waals surface area contributed by atoms with Crippen LogP contribution in [0.2, 0.25) is 0 Å². The maximum Gasteiger partial charge on any atom is 0.234 e. The van der Waals surface area contributed by atoms with Crippen molar-refractivity contribution >= 4 is 5.91 Å². The Bertz CT molecular complexity index is 558. The van der Waals surface area contributed by atoms with Gasteiger partial charge >= 0.3 is 0 Å². The third kappa shape index (κ3) is 3.95. The summed E-state index contributed by atoms with van der Waals surface area (Å²) >= 11 is 0. The van der Waals surface area contributed by atoms with Crippen molar-refractivity contribution in [3.05, 3.63) is 11.8 Å². The standard InChI is InChI=1S/C17H26N4O3/c22-15(18-10-14-2-1-9-23-14)11-21-7-5-13(6-8-21)17-20-19-16(24-17)12-3-4-12/h12-14H,1-11H2,(H,18,22)/t14-/m1/s1. The Labute approximate surface area is 142 Å². The van der Waals surface area contributed by atoms with Crippen molar-refractivity contribution in [3.63, 3.8) is 0 Å². The highest BCUT2D eigenvalue weighted by Crippen LogP contribution is 2.40. The van der Waals surface area contributed by atoms with Crippen LogP contribution in [-0.4, -0.2) is 59.9 Å². The summed E-state index contributed by atoms with van der Waals surface area (Å²) in [6, 6.07) is 0. The van der Waals surface area contributed by atoms with E-state index in [0.717, 1.165) is 57.2 Å². The molecule has 1 aromatic heterocycles. The van der Waals surface area contributed by atoms with E-state index < -0.39 is 0 Å².